The Bertz CT molecular complexity index is 274. The zero-order valence-corrected chi connectivity index (χ0v) is 11.8. The van der Waals surface area contributed by atoms with Crippen molar-refractivity contribution in [2.45, 2.75) is 57.3 Å². The number of nitrogens with one attached hydrogen (secondary N) is 2. The van der Waals surface area contributed by atoms with Crippen molar-refractivity contribution in [2.24, 2.45) is 0 Å². The smallest absolute Gasteiger partial charge is 0.249 e. The standard InChI is InChI=1S/C14H26N2O3/c1-11(19-10-13-4-2-3-9-18-13)14(17)16-12-5-7-15-8-6-12/h11-13,15H,2-10H2,1H3,(H,16,17). The van der Waals surface area contributed by atoms with Crippen LogP contribution in [0.1, 0.15) is 39.0 Å². The lowest BCUT2D eigenvalue weighted by Gasteiger charge is -2.26. The molecule has 0 aromatic rings. The molecule has 1 amide bonds. The molecule has 2 atom stereocenters. The van der Waals surface area contributed by atoms with E-state index in [0.29, 0.717) is 12.6 Å². The monoisotopic (exact) mass is 270 g/mol. The Balaban J connectivity index is 1.63. The van der Waals surface area contributed by atoms with Gasteiger partial charge in [0.25, 0.3) is 0 Å². The van der Waals surface area contributed by atoms with Crippen LogP contribution in [0.2, 0.25) is 0 Å². The Morgan fingerprint density at radius 1 is 1.37 bits per heavy atom. The number of ether oxygens (including phenoxy) is 2. The molecule has 2 fully saturated rings. The van der Waals surface area contributed by atoms with Crippen molar-refractivity contribution < 1.29 is 14.3 Å². The minimum Gasteiger partial charge on any atom is -0.376 e. The van der Waals surface area contributed by atoms with Crippen LogP contribution < -0.4 is 10.6 Å². The molecular weight excluding hydrogens is 244 g/mol. The van der Waals surface area contributed by atoms with Gasteiger partial charge >= 0.3 is 0 Å². The van der Waals surface area contributed by atoms with Gasteiger partial charge in [-0.25, -0.2) is 0 Å². The maximum absolute atomic E-state index is 12.0. The molecule has 2 saturated heterocycles. The molecule has 110 valence electrons. The summed E-state index contributed by atoms with van der Waals surface area (Å²) < 4.78 is 11.2. The predicted molar refractivity (Wildman–Crippen MR) is 73.0 cm³/mol. The van der Waals surface area contributed by atoms with Crippen molar-refractivity contribution in [3.63, 3.8) is 0 Å². The van der Waals surface area contributed by atoms with Gasteiger partial charge in [0.1, 0.15) is 6.10 Å². The molecular formula is C14H26N2O3. The second kappa shape index (κ2) is 7.82. The second-order valence-electron chi connectivity index (χ2n) is 5.50. The molecule has 5 heteroatoms. The summed E-state index contributed by atoms with van der Waals surface area (Å²) in [6.45, 7) is 5.13. The van der Waals surface area contributed by atoms with E-state index in [4.69, 9.17) is 9.47 Å². The van der Waals surface area contributed by atoms with Crippen molar-refractivity contribution in [2.75, 3.05) is 26.3 Å². The van der Waals surface area contributed by atoms with Crippen LogP contribution in [0.15, 0.2) is 0 Å². The van der Waals surface area contributed by atoms with Gasteiger partial charge in [-0.3, -0.25) is 4.79 Å². The van der Waals surface area contributed by atoms with Gasteiger partial charge in [-0.1, -0.05) is 0 Å². The highest BCUT2D eigenvalue weighted by Crippen LogP contribution is 2.13. The van der Waals surface area contributed by atoms with Crippen molar-refractivity contribution in [3.8, 4) is 0 Å². The first-order chi connectivity index (χ1) is 9.25. The highest BCUT2D eigenvalue weighted by atomic mass is 16.5. The lowest BCUT2D eigenvalue weighted by molar-refractivity contribution is -0.136. The third-order valence-electron chi connectivity index (χ3n) is 3.86. The maximum atomic E-state index is 12.0. The van der Waals surface area contributed by atoms with Crippen LogP contribution in [0.3, 0.4) is 0 Å². The Morgan fingerprint density at radius 3 is 2.84 bits per heavy atom. The molecule has 2 aliphatic heterocycles. The zero-order chi connectivity index (χ0) is 13.5. The number of carbonyl (C=O) groups excluding carboxylic acids is 1. The van der Waals surface area contributed by atoms with Crippen molar-refractivity contribution >= 4 is 5.91 Å². The molecule has 2 N–H and O–H groups in total. The summed E-state index contributed by atoms with van der Waals surface area (Å²) in [5.74, 6) is 0.00251. The quantitative estimate of drug-likeness (QED) is 0.777. The minimum absolute atomic E-state index is 0.00251. The van der Waals surface area contributed by atoms with Crippen LogP contribution in [0, 0.1) is 0 Å². The van der Waals surface area contributed by atoms with Crippen molar-refractivity contribution in [1.82, 2.24) is 10.6 Å². The van der Waals surface area contributed by atoms with E-state index in [9.17, 15) is 4.79 Å². The van der Waals surface area contributed by atoms with E-state index < -0.39 is 0 Å². The summed E-state index contributed by atoms with van der Waals surface area (Å²) in [7, 11) is 0. The van der Waals surface area contributed by atoms with Crippen LogP contribution in [-0.4, -0.2) is 50.5 Å². The Kier molecular flexibility index (Phi) is 6.07. The topological polar surface area (TPSA) is 59.6 Å². The first kappa shape index (κ1) is 14.8. The molecule has 2 aliphatic rings. The summed E-state index contributed by atoms with van der Waals surface area (Å²) in [5.41, 5.74) is 0. The van der Waals surface area contributed by atoms with Crippen LogP contribution in [-0.2, 0) is 14.3 Å². The highest BCUT2D eigenvalue weighted by molar-refractivity contribution is 5.80. The van der Waals surface area contributed by atoms with Crippen molar-refractivity contribution in [1.29, 1.82) is 0 Å². The molecule has 0 saturated carbocycles. The van der Waals surface area contributed by atoms with Crippen molar-refractivity contribution in [3.05, 3.63) is 0 Å². The summed E-state index contributed by atoms with van der Waals surface area (Å²) in [6.07, 6.45) is 5.17. The van der Waals surface area contributed by atoms with E-state index in [-0.39, 0.29) is 18.1 Å². The van der Waals surface area contributed by atoms with E-state index in [1.165, 1.54) is 6.42 Å². The fourth-order valence-electron chi connectivity index (χ4n) is 2.55. The number of hydrogen-bond acceptors (Lipinski definition) is 4. The molecule has 0 aromatic carbocycles. The fraction of sp³-hybridized carbons (Fsp3) is 0.929. The van der Waals surface area contributed by atoms with Gasteiger partial charge in [0, 0.05) is 12.6 Å². The summed E-state index contributed by atoms with van der Waals surface area (Å²) >= 11 is 0. The largest absolute Gasteiger partial charge is 0.376 e. The molecule has 0 spiro atoms. The van der Waals surface area contributed by atoms with Crippen LogP contribution in [0.5, 0.6) is 0 Å². The minimum atomic E-state index is -0.389. The van der Waals surface area contributed by atoms with Crippen LogP contribution in [0.25, 0.3) is 0 Å². The fourth-order valence-corrected chi connectivity index (χ4v) is 2.55. The van der Waals surface area contributed by atoms with Gasteiger partial charge in [0.2, 0.25) is 5.91 Å². The van der Waals surface area contributed by atoms with Gasteiger partial charge < -0.3 is 20.1 Å². The van der Waals surface area contributed by atoms with E-state index in [1.54, 1.807) is 0 Å². The predicted octanol–water partition coefficient (Wildman–Crippen LogP) is 0.829. The number of piperidine rings is 1. The van der Waals surface area contributed by atoms with E-state index in [1.807, 2.05) is 6.92 Å². The number of hydrogen-bond donors (Lipinski definition) is 2. The molecule has 0 radical (unpaired) electrons. The number of carbonyl (C=O) groups is 1. The highest BCUT2D eigenvalue weighted by Gasteiger charge is 2.21. The number of rotatable bonds is 5. The molecule has 19 heavy (non-hydrogen) atoms. The van der Waals surface area contributed by atoms with Crippen LogP contribution >= 0.6 is 0 Å². The summed E-state index contributed by atoms with van der Waals surface area (Å²) in [5, 5.41) is 6.35. The van der Waals surface area contributed by atoms with E-state index >= 15 is 0 Å². The average molecular weight is 270 g/mol. The normalized spacial score (nSPS) is 26.9. The first-order valence-electron chi connectivity index (χ1n) is 7.50. The third kappa shape index (κ3) is 5.09. The SMILES string of the molecule is CC(OCC1CCCCO1)C(=O)NC1CCNCC1. The Labute approximate surface area is 115 Å². The molecule has 2 heterocycles. The molecule has 5 nitrogen and oxygen atoms in total. The maximum Gasteiger partial charge on any atom is 0.249 e. The lowest BCUT2D eigenvalue weighted by atomic mass is 10.1. The van der Waals surface area contributed by atoms with Crippen LogP contribution in [0.4, 0.5) is 0 Å². The molecule has 2 unspecified atom stereocenters. The van der Waals surface area contributed by atoms with Gasteiger partial charge in [-0.15, -0.1) is 0 Å². The molecule has 0 aliphatic carbocycles. The van der Waals surface area contributed by atoms with E-state index in [0.717, 1.165) is 45.4 Å². The van der Waals surface area contributed by atoms with Gasteiger partial charge in [-0.2, -0.15) is 0 Å². The van der Waals surface area contributed by atoms with Gasteiger partial charge in [-0.05, 0) is 52.1 Å². The van der Waals surface area contributed by atoms with E-state index in [2.05, 4.69) is 10.6 Å². The van der Waals surface area contributed by atoms with Gasteiger partial charge in [0.05, 0.1) is 12.7 Å². The van der Waals surface area contributed by atoms with Gasteiger partial charge in [0.15, 0.2) is 0 Å². The average Bonchev–Trinajstić information content (AvgIpc) is 2.47. The number of amides is 1. The zero-order valence-electron chi connectivity index (χ0n) is 11.8. The molecule has 0 bridgehead atoms. The second-order valence-corrected chi connectivity index (χ2v) is 5.50. The Morgan fingerprint density at radius 2 is 2.16 bits per heavy atom. The first-order valence-corrected chi connectivity index (χ1v) is 7.50. The Hall–Kier alpha value is -0.650. The lowest BCUT2D eigenvalue weighted by Crippen LogP contribution is -2.46. The third-order valence-corrected chi connectivity index (χ3v) is 3.86. The molecule has 2 rings (SSSR count). The summed E-state index contributed by atoms with van der Waals surface area (Å²) in [6, 6.07) is 0.297. The summed E-state index contributed by atoms with van der Waals surface area (Å²) in [4.78, 5) is 12.0. The molecule has 0 aromatic heterocycles.